The van der Waals surface area contributed by atoms with Crippen molar-refractivity contribution in [1.29, 1.82) is 0 Å². The molecule has 3 aromatic carbocycles. The largest absolute Gasteiger partial charge is 0.508 e. The molecule has 1 atom stereocenters. The second-order valence-corrected chi connectivity index (χ2v) is 27.9. The average molecular weight is 592 g/mol. The second kappa shape index (κ2) is 11.8. The van der Waals surface area contributed by atoms with Crippen molar-refractivity contribution in [2.45, 2.75) is 77.5 Å². The first-order valence-corrected chi connectivity index (χ1v) is 22.5. The van der Waals surface area contributed by atoms with E-state index < -0.39 is 28.6 Å². The number of hydrogen-bond donors (Lipinski definition) is 1. The van der Waals surface area contributed by atoms with Gasteiger partial charge in [0, 0.05) is 0 Å². The van der Waals surface area contributed by atoms with Gasteiger partial charge in [-0.1, -0.05) is 108 Å². The molecule has 0 aromatic heterocycles. The van der Waals surface area contributed by atoms with Crippen molar-refractivity contribution >= 4 is 45.3 Å². The minimum atomic E-state index is -2.90. The van der Waals surface area contributed by atoms with E-state index >= 15 is 0 Å². The first-order valence-electron chi connectivity index (χ1n) is 14.3. The van der Waals surface area contributed by atoms with Crippen LogP contribution in [0.5, 0.6) is 0 Å². The Bertz CT molecular complexity index is 1230. The molecule has 0 spiro atoms. The molecule has 1 unspecified atom stereocenters. The van der Waals surface area contributed by atoms with E-state index in [0.29, 0.717) is 0 Å². The normalized spacial score (nSPS) is 15.2. The van der Waals surface area contributed by atoms with Crippen LogP contribution in [0.2, 0.25) is 37.8 Å². The molecule has 214 valence electrons. The third kappa shape index (κ3) is 5.41. The maximum atomic E-state index is 14.7. The molecule has 0 heterocycles. The van der Waals surface area contributed by atoms with Crippen LogP contribution in [0.1, 0.15) is 34.6 Å². The van der Waals surface area contributed by atoms with Gasteiger partial charge < -0.3 is 9.84 Å². The number of carbonyl (C=O) groups excluding carboxylic acids is 1. The van der Waals surface area contributed by atoms with Gasteiger partial charge in [0.2, 0.25) is 5.16 Å². The molecule has 40 heavy (non-hydrogen) atoms. The topological polar surface area (TPSA) is 46.5 Å². The maximum Gasteiger partial charge on any atom is 0.359 e. The van der Waals surface area contributed by atoms with Crippen LogP contribution in [0, 0.1) is 0 Å². The van der Waals surface area contributed by atoms with Crippen LogP contribution in [-0.2, 0) is 9.53 Å². The molecule has 3 rings (SSSR count). The minimum Gasteiger partial charge on any atom is -0.508 e. The summed E-state index contributed by atoms with van der Waals surface area (Å²) in [6.45, 7) is 22.5. The van der Waals surface area contributed by atoms with E-state index in [-0.39, 0.29) is 23.4 Å². The molecule has 0 aliphatic rings. The molecular weight excluding hydrogens is 544 g/mol. The Morgan fingerprint density at radius 3 is 1.35 bits per heavy atom. The number of hydrogen-bond acceptors (Lipinski definition) is 3. The highest BCUT2D eigenvalue weighted by Crippen LogP contribution is 2.69. The molecule has 0 bridgehead atoms. The molecule has 0 aliphatic heterocycles. The zero-order chi connectivity index (χ0) is 30.0. The average Bonchev–Trinajstić information content (AvgIpc) is 2.89. The van der Waals surface area contributed by atoms with Crippen LogP contribution >= 0.6 is 7.26 Å². The monoisotopic (exact) mass is 591 g/mol. The number of benzene rings is 3. The third-order valence-corrected chi connectivity index (χ3v) is 24.8. The summed E-state index contributed by atoms with van der Waals surface area (Å²) in [4.78, 5) is 15.9. The van der Waals surface area contributed by atoms with E-state index in [2.05, 4.69) is 89.9 Å². The molecule has 0 radical (unpaired) electrons. The highest BCUT2D eigenvalue weighted by molar-refractivity contribution is 7.97. The van der Waals surface area contributed by atoms with E-state index in [4.69, 9.17) is 4.74 Å². The van der Waals surface area contributed by atoms with E-state index in [1.807, 2.05) is 68.4 Å². The quantitative estimate of drug-likeness (QED) is 0.119. The zero-order valence-electron chi connectivity index (χ0n) is 26.1. The maximum absolute atomic E-state index is 14.7. The summed E-state index contributed by atoms with van der Waals surface area (Å²) in [5.74, 6) is -0.131. The van der Waals surface area contributed by atoms with Crippen molar-refractivity contribution in [3.8, 4) is 0 Å². The van der Waals surface area contributed by atoms with Crippen molar-refractivity contribution in [1.82, 2.24) is 0 Å². The Labute approximate surface area is 245 Å². The van der Waals surface area contributed by atoms with Crippen LogP contribution < -0.4 is 15.9 Å². The molecule has 1 N–H and O–H groups in total. The zero-order valence-corrected chi connectivity index (χ0v) is 29.0. The Morgan fingerprint density at radius 2 is 1.07 bits per heavy atom. The van der Waals surface area contributed by atoms with Crippen LogP contribution in [-0.4, -0.2) is 39.0 Å². The summed E-state index contributed by atoms with van der Waals surface area (Å²) in [6.07, 6.45) is 0. The fourth-order valence-corrected chi connectivity index (χ4v) is 22.5. The fraction of sp³-hybridized carbons (Fsp3) is 0.382. The van der Waals surface area contributed by atoms with E-state index in [1.54, 1.807) is 0 Å². The summed E-state index contributed by atoms with van der Waals surface area (Å²) in [7, 11) is -7.35. The van der Waals surface area contributed by atoms with Crippen molar-refractivity contribution in [3.63, 3.8) is 0 Å². The summed E-state index contributed by atoms with van der Waals surface area (Å²) in [5, 5.41) is 14.8. The second-order valence-electron chi connectivity index (χ2n) is 13.3. The van der Waals surface area contributed by atoms with Gasteiger partial charge in [-0.2, -0.15) is 0 Å². The van der Waals surface area contributed by atoms with Gasteiger partial charge in [-0.3, -0.25) is 0 Å². The Kier molecular flexibility index (Phi) is 9.45. The van der Waals surface area contributed by atoms with E-state index in [9.17, 15) is 9.90 Å². The summed E-state index contributed by atoms with van der Waals surface area (Å²) in [5.41, 5.74) is 0. The molecule has 6 heteroatoms. The highest BCUT2D eigenvalue weighted by atomic mass is 31.2. The lowest BCUT2D eigenvalue weighted by molar-refractivity contribution is -0.145. The lowest BCUT2D eigenvalue weighted by Gasteiger charge is -2.47. The lowest BCUT2D eigenvalue weighted by Crippen LogP contribution is -2.57. The van der Waals surface area contributed by atoms with Gasteiger partial charge >= 0.3 is 5.97 Å². The fourth-order valence-electron chi connectivity index (χ4n) is 6.05. The number of carbonyl (C=O) groups is 1. The number of aliphatic hydroxyl groups excluding tert-OH is 1. The molecule has 0 saturated heterocycles. The Hall–Kier alpha value is -2.47. The van der Waals surface area contributed by atoms with Crippen LogP contribution in [0.4, 0.5) is 0 Å². The summed E-state index contributed by atoms with van der Waals surface area (Å²) >= 11 is 0. The minimum absolute atomic E-state index is 0.0283. The van der Waals surface area contributed by atoms with Gasteiger partial charge in [-0.05, 0) is 60.1 Å². The van der Waals surface area contributed by atoms with Crippen molar-refractivity contribution in [3.05, 3.63) is 102 Å². The van der Waals surface area contributed by atoms with Crippen LogP contribution in [0.3, 0.4) is 0 Å². The van der Waals surface area contributed by atoms with Crippen LogP contribution in [0.15, 0.2) is 102 Å². The van der Waals surface area contributed by atoms with Gasteiger partial charge in [0.1, 0.15) is 28.9 Å². The van der Waals surface area contributed by atoms with Crippen LogP contribution in [0.25, 0.3) is 0 Å². The Balaban J connectivity index is 2.73. The molecule has 3 aromatic rings. The smallest absolute Gasteiger partial charge is 0.359 e. The number of esters is 1. The molecule has 0 aliphatic carbocycles. The lowest BCUT2D eigenvalue weighted by atomic mass is 10.1. The summed E-state index contributed by atoms with van der Waals surface area (Å²) < 4.78 is 5.99. The van der Waals surface area contributed by atoms with E-state index in [1.165, 1.54) is 0 Å². The first kappa shape index (κ1) is 32.1. The first-order chi connectivity index (χ1) is 18.6. The number of rotatable bonds is 9. The molecule has 0 amide bonds. The van der Waals surface area contributed by atoms with Crippen molar-refractivity contribution in [2.24, 2.45) is 0 Å². The van der Waals surface area contributed by atoms with Gasteiger partial charge in [0.05, 0.1) is 22.8 Å². The molecule has 0 fully saturated rings. The highest BCUT2D eigenvalue weighted by Gasteiger charge is 2.69. The van der Waals surface area contributed by atoms with Crippen molar-refractivity contribution < 1.29 is 14.6 Å². The van der Waals surface area contributed by atoms with Gasteiger partial charge in [0.25, 0.3) is 0 Å². The Morgan fingerprint density at radius 1 is 0.725 bits per heavy atom. The molecule has 3 nitrogen and oxygen atoms in total. The van der Waals surface area contributed by atoms with Gasteiger partial charge in [0.15, 0.2) is 0 Å². The SMILES string of the molecule is CCOC(=O)C(C)(/C(O)=C(\[Si](C)(C)C)[Si](C)(C)C(C)(C)C)[P+](c1ccccc1)(c1ccccc1)c1ccccc1. The number of ether oxygens (including phenoxy) is 1. The number of aliphatic hydroxyl groups is 1. The predicted molar refractivity (Wildman–Crippen MR) is 180 cm³/mol. The summed E-state index contributed by atoms with van der Waals surface area (Å²) in [6, 6.07) is 31.0. The van der Waals surface area contributed by atoms with Crippen molar-refractivity contribution in [2.75, 3.05) is 6.61 Å². The third-order valence-electron chi connectivity index (χ3n) is 8.72. The van der Waals surface area contributed by atoms with Gasteiger partial charge in [-0.25, -0.2) is 4.79 Å². The predicted octanol–water partition coefficient (Wildman–Crippen LogP) is 8.04. The molecule has 0 saturated carbocycles. The van der Waals surface area contributed by atoms with Gasteiger partial charge in [-0.15, -0.1) is 0 Å². The standard InChI is InChI=1S/C34H47O3PSi2/c1-11-37-32(36)34(5,30(35)31(39(6,7)8)40(9,10)33(2,3)4)38(27-21-15-12-16-22-27,28-23-17-13-18-24-28)29-25-19-14-20-26-29/h12-26H,11H2,1-10H3/p+1/b31-30-. The molecular formula is C34H48O3PSi2+. The van der Waals surface area contributed by atoms with E-state index in [0.717, 1.165) is 20.7 Å².